The molecule has 0 saturated carbocycles. The van der Waals surface area contributed by atoms with Crippen molar-refractivity contribution in [3.8, 4) is 11.4 Å². The Hall–Kier alpha value is -2.37. The van der Waals surface area contributed by atoms with Crippen LogP contribution in [-0.2, 0) is 12.0 Å². The van der Waals surface area contributed by atoms with Gasteiger partial charge in [0.1, 0.15) is 0 Å². The smallest absolute Gasteiger partial charge is 0.404 e. The van der Waals surface area contributed by atoms with E-state index in [-0.39, 0.29) is 12.0 Å². The van der Waals surface area contributed by atoms with Gasteiger partial charge in [0.05, 0.1) is 0 Å². The number of nitrogens with zero attached hydrogens (tertiary/aromatic N) is 2. The minimum atomic E-state index is -1.04. The first-order chi connectivity index (χ1) is 9.36. The van der Waals surface area contributed by atoms with E-state index in [9.17, 15) is 4.79 Å². The molecule has 2 rings (SSSR count). The van der Waals surface area contributed by atoms with Crippen molar-refractivity contribution in [2.24, 2.45) is 0 Å². The van der Waals surface area contributed by atoms with Crippen molar-refractivity contribution in [1.82, 2.24) is 15.5 Å². The summed E-state index contributed by atoms with van der Waals surface area (Å²) in [7, 11) is 0. The first-order valence-electron chi connectivity index (χ1n) is 6.26. The van der Waals surface area contributed by atoms with Gasteiger partial charge in [-0.15, -0.1) is 0 Å². The molecule has 6 nitrogen and oxygen atoms in total. The molecule has 1 aromatic heterocycles. The van der Waals surface area contributed by atoms with Crippen molar-refractivity contribution in [3.63, 3.8) is 0 Å². The molecule has 20 heavy (non-hydrogen) atoms. The average molecular weight is 275 g/mol. The highest BCUT2D eigenvalue weighted by atomic mass is 16.5. The van der Waals surface area contributed by atoms with Crippen LogP contribution in [0, 0.1) is 0 Å². The van der Waals surface area contributed by atoms with Gasteiger partial charge in [0.25, 0.3) is 0 Å². The standard InChI is InChI=1S/C14H17N3O3/c1-14(2,3)12-16-11(17-20-12)10-6-4-9(5-7-10)8-15-13(18)19/h4-7,15H,8H2,1-3H3,(H,18,19). The van der Waals surface area contributed by atoms with Crippen LogP contribution in [0.2, 0.25) is 0 Å². The van der Waals surface area contributed by atoms with E-state index in [4.69, 9.17) is 9.63 Å². The van der Waals surface area contributed by atoms with Gasteiger partial charge >= 0.3 is 6.09 Å². The van der Waals surface area contributed by atoms with E-state index in [1.54, 1.807) is 0 Å². The van der Waals surface area contributed by atoms with Crippen LogP contribution in [0.4, 0.5) is 4.79 Å². The van der Waals surface area contributed by atoms with E-state index < -0.39 is 6.09 Å². The highest BCUT2D eigenvalue weighted by molar-refractivity contribution is 5.64. The van der Waals surface area contributed by atoms with Crippen molar-refractivity contribution in [3.05, 3.63) is 35.7 Å². The van der Waals surface area contributed by atoms with E-state index in [1.807, 2.05) is 45.0 Å². The highest BCUT2D eigenvalue weighted by Crippen LogP contribution is 2.23. The van der Waals surface area contributed by atoms with Crippen molar-refractivity contribution < 1.29 is 14.4 Å². The Kier molecular flexibility index (Phi) is 3.74. The Morgan fingerprint density at radius 2 is 1.95 bits per heavy atom. The topological polar surface area (TPSA) is 88.2 Å². The lowest BCUT2D eigenvalue weighted by Crippen LogP contribution is -2.19. The summed E-state index contributed by atoms with van der Waals surface area (Å²) >= 11 is 0. The molecule has 1 heterocycles. The SMILES string of the molecule is CC(C)(C)c1nc(-c2ccc(CNC(=O)O)cc2)no1. The van der Waals surface area contributed by atoms with E-state index >= 15 is 0 Å². The zero-order valence-corrected chi connectivity index (χ0v) is 11.7. The Bertz CT molecular complexity index is 597. The lowest BCUT2D eigenvalue weighted by atomic mass is 9.97. The summed E-state index contributed by atoms with van der Waals surface area (Å²) < 4.78 is 5.24. The van der Waals surface area contributed by atoms with Gasteiger partial charge in [0.2, 0.25) is 11.7 Å². The normalized spacial score (nSPS) is 11.3. The highest BCUT2D eigenvalue weighted by Gasteiger charge is 2.22. The number of aromatic nitrogens is 2. The third kappa shape index (κ3) is 3.34. The summed E-state index contributed by atoms with van der Waals surface area (Å²) in [6.45, 7) is 6.29. The van der Waals surface area contributed by atoms with Crippen LogP contribution in [-0.4, -0.2) is 21.3 Å². The number of nitrogens with one attached hydrogen (secondary N) is 1. The molecule has 0 spiro atoms. The Morgan fingerprint density at radius 3 is 2.45 bits per heavy atom. The number of carboxylic acid groups (broad SMARTS) is 1. The van der Waals surface area contributed by atoms with Crippen molar-refractivity contribution in [2.45, 2.75) is 32.7 Å². The average Bonchev–Trinajstić information content (AvgIpc) is 2.86. The quantitative estimate of drug-likeness (QED) is 0.899. The van der Waals surface area contributed by atoms with Crippen LogP contribution >= 0.6 is 0 Å². The van der Waals surface area contributed by atoms with Crippen LogP contribution in [0.3, 0.4) is 0 Å². The maximum atomic E-state index is 10.4. The van der Waals surface area contributed by atoms with Gasteiger partial charge in [-0.05, 0) is 5.56 Å². The molecule has 2 N–H and O–H groups in total. The monoisotopic (exact) mass is 275 g/mol. The van der Waals surface area contributed by atoms with Gasteiger partial charge in [0, 0.05) is 17.5 Å². The molecule has 0 fully saturated rings. The lowest BCUT2D eigenvalue weighted by molar-refractivity contribution is 0.194. The largest absolute Gasteiger partial charge is 0.465 e. The van der Waals surface area contributed by atoms with E-state index in [1.165, 1.54) is 0 Å². The molecule has 1 amide bonds. The molecular weight excluding hydrogens is 258 g/mol. The Morgan fingerprint density at radius 1 is 1.30 bits per heavy atom. The summed E-state index contributed by atoms with van der Waals surface area (Å²) in [6.07, 6.45) is -1.04. The molecule has 0 unspecified atom stereocenters. The number of benzene rings is 1. The second-order valence-electron chi connectivity index (χ2n) is 5.53. The fraction of sp³-hybridized carbons (Fsp3) is 0.357. The zero-order valence-electron chi connectivity index (χ0n) is 11.7. The molecule has 0 atom stereocenters. The number of amides is 1. The maximum Gasteiger partial charge on any atom is 0.404 e. The third-order valence-electron chi connectivity index (χ3n) is 2.72. The van der Waals surface area contributed by atoms with Crippen molar-refractivity contribution >= 4 is 6.09 Å². The molecule has 0 bridgehead atoms. The molecule has 6 heteroatoms. The van der Waals surface area contributed by atoms with Crippen LogP contribution in [0.5, 0.6) is 0 Å². The molecule has 0 saturated heterocycles. The van der Waals surface area contributed by atoms with Crippen LogP contribution in [0.15, 0.2) is 28.8 Å². The Balaban J connectivity index is 2.14. The molecule has 2 aromatic rings. The summed E-state index contributed by atoms with van der Waals surface area (Å²) in [5.74, 6) is 1.12. The predicted molar refractivity (Wildman–Crippen MR) is 73.3 cm³/mol. The Labute approximate surface area is 116 Å². The minimum absolute atomic E-state index is 0.184. The van der Waals surface area contributed by atoms with Crippen molar-refractivity contribution in [1.29, 1.82) is 0 Å². The molecule has 0 aliphatic rings. The summed E-state index contributed by atoms with van der Waals surface area (Å²) in [5.41, 5.74) is 1.52. The summed E-state index contributed by atoms with van der Waals surface area (Å²) in [6, 6.07) is 7.35. The molecular formula is C14H17N3O3. The molecule has 1 aromatic carbocycles. The van der Waals surface area contributed by atoms with Crippen LogP contribution in [0.1, 0.15) is 32.2 Å². The number of hydrogen-bond donors (Lipinski definition) is 2. The summed E-state index contributed by atoms with van der Waals surface area (Å²) in [4.78, 5) is 14.8. The van der Waals surface area contributed by atoms with Gasteiger partial charge in [0.15, 0.2) is 0 Å². The van der Waals surface area contributed by atoms with E-state index in [0.717, 1.165) is 11.1 Å². The number of carbonyl (C=O) groups is 1. The predicted octanol–water partition coefficient (Wildman–Crippen LogP) is 2.80. The second-order valence-corrected chi connectivity index (χ2v) is 5.53. The summed E-state index contributed by atoms with van der Waals surface area (Å²) in [5, 5.41) is 14.8. The van der Waals surface area contributed by atoms with Gasteiger partial charge in [-0.1, -0.05) is 50.2 Å². The van der Waals surface area contributed by atoms with Crippen LogP contribution < -0.4 is 5.32 Å². The van der Waals surface area contributed by atoms with Gasteiger partial charge in [-0.25, -0.2) is 4.79 Å². The maximum absolute atomic E-state index is 10.4. The van der Waals surface area contributed by atoms with Crippen molar-refractivity contribution in [2.75, 3.05) is 0 Å². The van der Waals surface area contributed by atoms with Crippen LogP contribution in [0.25, 0.3) is 11.4 Å². The first-order valence-corrected chi connectivity index (χ1v) is 6.26. The van der Waals surface area contributed by atoms with E-state index in [2.05, 4.69) is 15.5 Å². The van der Waals surface area contributed by atoms with Gasteiger partial charge < -0.3 is 14.9 Å². The molecule has 0 aliphatic carbocycles. The van der Waals surface area contributed by atoms with E-state index in [0.29, 0.717) is 11.7 Å². The molecule has 106 valence electrons. The fourth-order valence-corrected chi connectivity index (χ4v) is 1.59. The van der Waals surface area contributed by atoms with Gasteiger partial charge in [-0.2, -0.15) is 4.98 Å². The number of hydrogen-bond acceptors (Lipinski definition) is 4. The third-order valence-corrected chi connectivity index (χ3v) is 2.72. The number of rotatable bonds is 3. The minimum Gasteiger partial charge on any atom is -0.465 e. The lowest BCUT2D eigenvalue weighted by Gasteiger charge is -2.10. The zero-order chi connectivity index (χ0) is 14.8. The second kappa shape index (κ2) is 5.32. The molecule has 0 aliphatic heterocycles. The molecule has 0 radical (unpaired) electrons. The van der Waals surface area contributed by atoms with Gasteiger partial charge in [-0.3, -0.25) is 0 Å². The fourth-order valence-electron chi connectivity index (χ4n) is 1.59. The first kappa shape index (κ1) is 14.0.